The Kier molecular flexibility index (Phi) is 7.87. The van der Waals surface area contributed by atoms with Crippen molar-refractivity contribution in [1.29, 1.82) is 0 Å². The average molecular weight is 615 g/mol. The summed E-state index contributed by atoms with van der Waals surface area (Å²) in [5.74, 6) is 1.86. The zero-order valence-corrected chi connectivity index (χ0v) is 26.1. The molecular formula is C44H30N4. The summed E-state index contributed by atoms with van der Waals surface area (Å²) in [6, 6.07) is 58.6. The Morgan fingerprint density at radius 3 is 0.938 bits per heavy atom. The van der Waals surface area contributed by atoms with Gasteiger partial charge in [-0.3, -0.25) is 4.98 Å². The van der Waals surface area contributed by atoms with Gasteiger partial charge in [0.25, 0.3) is 0 Å². The molecule has 4 nitrogen and oxygen atoms in total. The van der Waals surface area contributed by atoms with Gasteiger partial charge in [0.1, 0.15) is 0 Å². The molecule has 0 aliphatic carbocycles. The third kappa shape index (κ3) is 6.15. The fourth-order valence-electron chi connectivity index (χ4n) is 5.91. The van der Waals surface area contributed by atoms with Crippen LogP contribution in [0.3, 0.4) is 0 Å². The van der Waals surface area contributed by atoms with E-state index >= 15 is 0 Å². The van der Waals surface area contributed by atoms with Gasteiger partial charge in [-0.05, 0) is 74.8 Å². The quantitative estimate of drug-likeness (QED) is 0.179. The van der Waals surface area contributed by atoms with Crippen molar-refractivity contribution in [2.45, 2.75) is 0 Å². The molecule has 0 bridgehead atoms. The molecule has 0 aliphatic rings. The van der Waals surface area contributed by atoms with E-state index in [1.54, 1.807) is 0 Å². The second-order valence-corrected chi connectivity index (χ2v) is 11.6. The normalized spacial score (nSPS) is 10.9. The van der Waals surface area contributed by atoms with Gasteiger partial charge < -0.3 is 0 Å². The number of nitrogens with zero attached hydrogens (tertiary/aromatic N) is 4. The van der Waals surface area contributed by atoms with E-state index in [2.05, 4.69) is 145 Å². The monoisotopic (exact) mass is 614 g/mol. The molecule has 4 heteroatoms. The van der Waals surface area contributed by atoms with Crippen LogP contribution in [-0.2, 0) is 0 Å². The van der Waals surface area contributed by atoms with E-state index < -0.39 is 0 Å². The van der Waals surface area contributed by atoms with Gasteiger partial charge in [-0.2, -0.15) is 0 Å². The van der Waals surface area contributed by atoms with Crippen molar-refractivity contribution in [3.8, 4) is 78.7 Å². The first-order valence-electron chi connectivity index (χ1n) is 16.0. The van der Waals surface area contributed by atoms with Crippen molar-refractivity contribution >= 4 is 0 Å². The molecule has 2 aromatic heterocycles. The molecule has 48 heavy (non-hydrogen) atoms. The summed E-state index contributed by atoms with van der Waals surface area (Å²) in [4.78, 5) is 19.5. The molecule has 0 N–H and O–H groups in total. The lowest BCUT2D eigenvalue weighted by atomic mass is 9.96. The Balaban J connectivity index is 1.28. The third-order valence-corrected chi connectivity index (χ3v) is 8.45. The summed E-state index contributed by atoms with van der Waals surface area (Å²) in [5.41, 5.74) is 11.7. The van der Waals surface area contributed by atoms with Gasteiger partial charge in [-0.15, -0.1) is 0 Å². The second-order valence-electron chi connectivity index (χ2n) is 11.6. The van der Waals surface area contributed by atoms with Crippen molar-refractivity contribution in [2.75, 3.05) is 0 Å². The van der Waals surface area contributed by atoms with E-state index in [0.717, 1.165) is 50.1 Å². The van der Waals surface area contributed by atoms with Crippen LogP contribution in [0, 0.1) is 0 Å². The predicted molar refractivity (Wildman–Crippen MR) is 196 cm³/mol. The molecule has 226 valence electrons. The fraction of sp³-hybridized carbons (Fsp3) is 0. The van der Waals surface area contributed by atoms with E-state index in [9.17, 15) is 0 Å². The molecule has 0 saturated carbocycles. The van der Waals surface area contributed by atoms with Crippen LogP contribution in [0.5, 0.6) is 0 Å². The molecule has 0 amide bonds. The molecule has 6 aromatic carbocycles. The Hall–Kier alpha value is -6.52. The molecule has 0 aliphatic heterocycles. The Morgan fingerprint density at radius 1 is 0.229 bits per heavy atom. The number of hydrogen-bond acceptors (Lipinski definition) is 4. The average Bonchev–Trinajstić information content (AvgIpc) is 3.19. The maximum absolute atomic E-state index is 5.10. The molecule has 0 atom stereocenters. The lowest BCUT2D eigenvalue weighted by Crippen LogP contribution is -2.00. The van der Waals surface area contributed by atoms with E-state index in [1.165, 1.54) is 11.1 Å². The molecule has 0 radical (unpaired) electrons. The van der Waals surface area contributed by atoms with Crippen LogP contribution >= 0.6 is 0 Å². The van der Waals surface area contributed by atoms with Crippen LogP contribution in [0.4, 0.5) is 0 Å². The van der Waals surface area contributed by atoms with Crippen LogP contribution in [0.15, 0.2) is 182 Å². The number of rotatable bonds is 7. The Bertz CT molecular complexity index is 2130. The molecule has 0 unspecified atom stereocenters. The maximum Gasteiger partial charge on any atom is 0.164 e. The highest BCUT2D eigenvalue weighted by Gasteiger charge is 2.15. The van der Waals surface area contributed by atoms with Gasteiger partial charge >= 0.3 is 0 Å². The molecule has 8 rings (SSSR count). The highest BCUT2D eigenvalue weighted by molar-refractivity contribution is 5.80. The van der Waals surface area contributed by atoms with Crippen molar-refractivity contribution in [3.05, 3.63) is 182 Å². The van der Waals surface area contributed by atoms with Gasteiger partial charge in [0.05, 0.1) is 0 Å². The standard InChI is InChI=1S/C44H30N4/c1-4-10-31(11-5-1)34-16-20-37(21-17-34)42-46-43(38-22-18-35(19-23-38)32-12-6-2-7-13-32)48-44(47-42)41-29-39(33-14-8-3-9-15-33)28-40(30-41)36-24-26-45-27-25-36/h1-30H. The van der Waals surface area contributed by atoms with E-state index in [-0.39, 0.29) is 0 Å². The molecule has 8 aromatic rings. The SMILES string of the molecule is c1ccc(-c2ccc(-c3nc(-c4ccc(-c5ccccc5)cc4)nc(-c4cc(-c5ccccc5)cc(-c5ccncc5)c4)n3)cc2)cc1. The van der Waals surface area contributed by atoms with Crippen LogP contribution in [0.2, 0.25) is 0 Å². The third-order valence-electron chi connectivity index (χ3n) is 8.45. The predicted octanol–water partition coefficient (Wildman–Crippen LogP) is 10.9. The van der Waals surface area contributed by atoms with Crippen LogP contribution in [-0.4, -0.2) is 19.9 Å². The smallest absolute Gasteiger partial charge is 0.164 e. The minimum absolute atomic E-state index is 0.613. The first-order chi connectivity index (χ1) is 23.8. The van der Waals surface area contributed by atoms with Crippen molar-refractivity contribution < 1.29 is 0 Å². The molecule has 0 saturated heterocycles. The first-order valence-corrected chi connectivity index (χ1v) is 16.0. The molecule has 0 fully saturated rings. The second kappa shape index (κ2) is 13.1. The minimum Gasteiger partial charge on any atom is -0.265 e. The molecule has 2 heterocycles. The van der Waals surface area contributed by atoms with Gasteiger partial charge in [0.15, 0.2) is 17.5 Å². The summed E-state index contributed by atoms with van der Waals surface area (Å²) in [6.45, 7) is 0. The largest absolute Gasteiger partial charge is 0.265 e. The molecular weight excluding hydrogens is 585 g/mol. The topological polar surface area (TPSA) is 51.6 Å². The highest BCUT2D eigenvalue weighted by Crippen LogP contribution is 2.34. The number of pyridine rings is 1. The summed E-state index contributed by atoms with van der Waals surface area (Å²) < 4.78 is 0. The lowest BCUT2D eigenvalue weighted by Gasteiger charge is -2.13. The summed E-state index contributed by atoms with van der Waals surface area (Å²) in [5, 5.41) is 0. The molecule has 0 spiro atoms. The van der Waals surface area contributed by atoms with Crippen molar-refractivity contribution in [1.82, 2.24) is 19.9 Å². The summed E-state index contributed by atoms with van der Waals surface area (Å²) in [6.07, 6.45) is 3.64. The lowest BCUT2D eigenvalue weighted by molar-refractivity contribution is 1.07. The first kappa shape index (κ1) is 28.9. The van der Waals surface area contributed by atoms with Gasteiger partial charge in [-0.1, -0.05) is 140 Å². The highest BCUT2D eigenvalue weighted by atomic mass is 15.0. The van der Waals surface area contributed by atoms with Gasteiger partial charge in [0, 0.05) is 29.1 Å². The van der Waals surface area contributed by atoms with Crippen molar-refractivity contribution in [2.24, 2.45) is 0 Å². The number of benzene rings is 6. The summed E-state index contributed by atoms with van der Waals surface area (Å²) in [7, 11) is 0. The van der Waals surface area contributed by atoms with Gasteiger partial charge in [0.2, 0.25) is 0 Å². The summed E-state index contributed by atoms with van der Waals surface area (Å²) >= 11 is 0. The Morgan fingerprint density at radius 2 is 0.521 bits per heavy atom. The van der Waals surface area contributed by atoms with Crippen molar-refractivity contribution in [3.63, 3.8) is 0 Å². The van der Waals surface area contributed by atoms with Crippen LogP contribution < -0.4 is 0 Å². The van der Waals surface area contributed by atoms with E-state index in [1.807, 2.05) is 42.7 Å². The van der Waals surface area contributed by atoms with E-state index in [4.69, 9.17) is 15.0 Å². The Labute approximate surface area is 280 Å². The number of hydrogen-bond donors (Lipinski definition) is 0. The van der Waals surface area contributed by atoms with Gasteiger partial charge in [-0.25, -0.2) is 15.0 Å². The zero-order chi connectivity index (χ0) is 32.1. The van der Waals surface area contributed by atoms with Crippen LogP contribution in [0.25, 0.3) is 78.7 Å². The van der Waals surface area contributed by atoms with E-state index in [0.29, 0.717) is 17.5 Å². The zero-order valence-electron chi connectivity index (χ0n) is 26.1. The minimum atomic E-state index is 0.613. The maximum atomic E-state index is 5.10. The van der Waals surface area contributed by atoms with Crippen LogP contribution in [0.1, 0.15) is 0 Å². The number of aromatic nitrogens is 4. The fourth-order valence-corrected chi connectivity index (χ4v) is 5.91.